The molecule has 0 radical (unpaired) electrons. The fourth-order valence-corrected chi connectivity index (χ4v) is 3.94. The molecule has 1 atom stereocenters. The van der Waals surface area contributed by atoms with E-state index in [2.05, 4.69) is 12.1 Å². The minimum Gasteiger partial charge on any atom is -0.503 e. The van der Waals surface area contributed by atoms with Gasteiger partial charge >= 0.3 is 0 Å². The van der Waals surface area contributed by atoms with Gasteiger partial charge in [0.25, 0.3) is 5.91 Å². The highest BCUT2D eigenvalue weighted by Crippen LogP contribution is 2.43. The summed E-state index contributed by atoms with van der Waals surface area (Å²) in [6.45, 7) is 2.56. The molecule has 1 amide bonds. The monoisotopic (exact) mass is 399 g/mol. The number of aliphatic hydroxyl groups is 1. The molecule has 4 rings (SSSR count). The van der Waals surface area contributed by atoms with E-state index in [0.29, 0.717) is 12.1 Å². The maximum atomic E-state index is 13.1. The first-order valence-corrected chi connectivity index (χ1v) is 10.1. The Morgan fingerprint density at radius 2 is 1.60 bits per heavy atom. The van der Waals surface area contributed by atoms with Gasteiger partial charge in [-0.25, -0.2) is 0 Å². The Kier molecular flexibility index (Phi) is 5.57. The maximum Gasteiger partial charge on any atom is 0.289 e. The van der Waals surface area contributed by atoms with E-state index in [4.69, 9.17) is 4.74 Å². The summed E-state index contributed by atoms with van der Waals surface area (Å²) in [5.74, 6) is 0.220. The van der Waals surface area contributed by atoms with Crippen LogP contribution in [0, 0.1) is 6.92 Å². The topological polar surface area (TPSA) is 49.8 Å². The number of nitrogens with zero attached hydrogens (tertiary/aromatic N) is 1. The van der Waals surface area contributed by atoms with Gasteiger partial charge in [-0.2, -0.15) is 0 Å². The summed E-state index contributed by atoms with van der Waals surface area (Å²) >= 11 is 0. The van der Waals surface area contributed by atoms with Gasteiger partial charge in [-0.15, -0.1) is 0 Å². The van der Waals surface area contributed by atoms with Crippen molar-refractivity contribution in [2.24, 2.45) is 0 Å². The van der Waals surface area contributed by atoms with Gasteiger partial charge in [0.2, 0.25) is 0 Å². The van der Waals surface area contributed by atoms with Gasteiger partial charge in [0, 0.05) is 12.1 Å². The molecule has 0 unspecified atom stereocenters. The molecule has 0 saturated heterocycles. The minimum atomic E-state index is -0.338. The van der Waals surface area contributed by atoms with Gasteiger partial charge in [-0.05, 0) is 42.2 Å². The van der Waals surface area contributed by atoms with Crippen molar-refractivity contribution in [2.75, 3.05) is 13.7 Å². The van der Waals surface area contributed by atoms with Crippen molar-refractivity contribution in [2.45, 2.75) is 19.4 Å². The van der Waals surface area contributed by atoms with E-state index in [1.807, 2.05) is 73.7 Å². The largest absolute Gasteiger partial charge is 0.503 e. The molecule has 3 aromatic carbocycles. The van der Waals surface area contributed by atoms with Gasteiger partial charge in [0.1, 0.15) is 5.75 Å². The van der Waals surface area contributed by atoms with Crippen molar-refractivity contribution in [1.82, 2.24) is 4.90 Å². The molecule has 4 nitrogen and oxygen atoms in total. The molecule has 0 fully saturated rings. The summed E-state index contributed by atoms with van der Waals surface area (Å²) in [7, 11) is 1.62. The Bertz CT molecular complexity index is 1050. The van der Waals surface area contributed by atoms with Gasteiger partial charge in [0.05, 0.1) is 13.2 Å². The van der Waals surface area contributed by atoms with Crippen molar-refractivity contribution in [3.05, 3.63) is 107 Å². The number of aliphatic hydroxyl groups excluding tert-OH is 1. The lowest BCUT2D eigenvalue weighted by Gasteiger charge is -2.27. The molecule has 1 heterocycles. The van der Waals surface area contributed by atoms with E-state index in [9.17, 15) is 9.90 Å². The third-order valence-electron chi connectivity index (χ3n) is 5.58. The lowest BCUT2D eigenvalue weighted by Crippen LogP contribution is -2.32. The van der Waals surface area contributed by atoms with Crippen LogP contribution in [0.1, 0.15) is 28.3 Å². The first-order valence-electron chi connectivity index (χ1n) is 10.1. The number of carbonyl (C=O) groups is 1. The smallest absolute Gasteiger partial charge is 0.289 e. The van der Waals surface area contributed by atoms with Crippen molar-refractivity contribution in [1.29, 1.82) is 0 Å². The molecule has 0 spiro atoms. The van der Waals surface area contributed by atoms with Crippen molar-refractivity contribution in [3.63, 3.8) is 0 Å². The number of methoxy groups -OCH3 is 1. The third-order valence-corrected chi connectivity index (χ3v) is 5.58. The second kappa shape index (κ2) is 8.46. The van der Waals surface area contributed by atoms with E-state index in [-0.39, 0.29) is 17.7 Å². The molecule has 3 aromatic rings. The van der Waals surface area contributed by atoms with Crippen LogP contribution < -0.4 is 4.74 Å². The summed E-state index contributed by atoms with van der Waals surface area (Å²) in [6.07, 6.45) is 0.720. The number of rotatable bonds is 6. The SMILES string of the molecule is COc1ccc(C2=C(O)C(=O)N(CCc3ccccc3)[C@H]2c2ccc(C)cc2)cc1. The molecule has 30 heavy (non-hydrogen) atoms. The van der Waals surface area contributed by atoms with Crippen LogP contribution in [0.4, 0.5) is 0 Å². The predicted octanol–water partition coefficient (Wildman–Crippen LogP) is 5.10. The fraction of sp³-hybridized carbons (Fsp3) is 0.192. The van der Waals surface area contributed by atoms with Crippen LogP contribution in [-0.4, -0.2) is 29.6 Å². The Hall–Kier alpha value is -3.53. The van der Waals surface area contributed by atoms with Crippen LogP contribution in [0.25, 0.3) is 5.57 Å². The zero-order valence-corrected chi connectivity index (χ0v) is 17.2. The summed E-state index contributed by atoms with van der Waals surface area (Å²) in [5, 5.41) is 10.8. The number of hydrogen-bond acceptors (Lipinski definition) is 3. The molecule has 4 heteroatoms. The number of benzene rings is 3. The summed E-state index contributed by atoms with van der Waals surface area (Å²) < 4.78 is 5.26. The molecule has 1 N–H and O–H groups in total. The molecule has 1 aliphatic rings. The van der Waals surface area contributed by atoms with Crippen LogP contribution >= 0.6 is 0 Å². The normalized spacial score (nSPS) is 16.3. The Balaban J connectivity index is 1.72. The molecular weight excluding hydrogens is 374 g/mol. The van der Waals surface area contributed by atoms with Crippen LogP contribution in [0.5, 0.6) is 5.75 Å². The first kappa shape index (κ1) is 19.8. The van der Waals surface area contributed by atoms with Crippen LogP contribution in [0.3, 0.4) is 0 Å². The quantitative estimate of drug-likeness (QED) is 0.627. The van der Waals surface area contributed by atoms with Crippen LogP contribution in [-0.2, 0) is 11.2 Å². The van der Waals surface area contributed by atoms with Crippen LogP contribution in [0.2, 0.25) is 0 Å². The number of ether oxygens (including phenoxy) is 1. The number of carbonyl (C=O) groups excluding carboxylic acids is 1. The average Bonchev–Trinajstić information content (AvgIpc) is 3.04. The van der Waals surface area contributed by atoms with E-state index in [1.54, 1.807) is 12.0 Å². The predicted molar refractivity (Wildman–Crippen MR) is 118 cm³/mol. The minimum absolute atomic E-state index is 0.182. The molecule has 0 bridgehead atoms. The van der Waals surface area contributed by atoms with E-state index < -0.39 is 0 Å². The van der Waals surface area contributed by atoms with Gasteiger partial charge in [-0.1, -0.05) is 72.3 Å². The molecule has 1 aliphatic heterocycles. The standard InChI is InChI=1S/C26H25NO3/c1-18-8-10-21(11-9-18)24-23(20-12-14-22(30-2)15-13-20)25(28)26(29)27(24)17-16-19-6-4-3-5-7-19/h3-15,24,28H,16-17H2,1-2H3/t24-/m0/s1. The van der Waals surface area contributed by atoms with E-state index in [1.165, 1.54) is 0 Å². The molecule has 152 valence electrons. The van der Waals surface area contributed by atoms with E-state index in [0.717, 1.165) is 34.4 Å². The third kappa shape index (κ3) is 3.81. The molecule has 0 saturated carbocycles. The molecule has 0 aliphatic carbocycles. The lowest BCUT2D eigenvalue weighted by molar-refractivity contribution is -0.129. The first-order chi connectivity index (χ1) is 14.6. The second-order valence-electron chi connectivity index (χ2n) is 7.54. The summed E-state index contributed by atoms with van der Waals surface area (Å²) in [6, 6.07) is 25.4. The van der Waals surface area contributed by atoms with Crippen LogP contribution in [0.15, 0.2) is 84.6 Å². The maximum absolute atomic E-state index is 13.1. The van der Waals surface area contributed by atoms with Gasteiger partial charge < -0.3 is 14.7 Å². The molecular formula is C26H25NO3. The van der Waals surface area contributed by atoms with Crippen molar-refractivity contribution >= 4 is 11.5 Å². The number of aryl methyl sites for hydroxylation is 1. The average molecular weight is 399 g/mol. The fourth-order valence-electron chi connectivity index (χ4n) is 3.94. The van der Waals surface area contributed by atoms with Crippen molar-refractivity contribution in [3.8, 4) is 5.75 Å². The summed E-state index contributed by atoms with van der Waals surface area (Å²) in [4.78, 5) is 14.8. The summed E-state index contributed by atoms with van der Waals surface area (Å²) in [5.41, 5.74) is 4.74. The molecule has 0 aromatic heterocycles. The number of amides is 1. The zero-order valence-electron chi connectivity index (χ0n) is 17.2. The zero-order chi connectivity index (χ0) is 21.1. The van der Waals surface area contributed by atoms with Gasteiger partial charge in [0.15, 0.2) is 5.76 Å². The highest BCUT2D eigenvalue weighted by molar-refractivity contribution is 6.05. The highest BCUT2D eigenvalue weighted by atomic mass is 16.5. The Morgan fingerprint density at radius 1 is 0.933 bits per heavy atom. The lowest BCUT2D eigenvalue weighted by atomic mass is 9.93. The van der Waals surface area contributed by atoms with Crippen molar-refractivity contribution < 1.29 is 14.6 Å². The Labute approximate surface area is 177 Å². The second-order valence-corrected chi connectivity index (χ2v) is 7.54. The highest BCUT2D eigenvalue weighted by Gasteiger charge is 2.40. The van der Waals surface area contributed by atoms with Gasteiger partial charge in [-0.3, -0.25) is 4.79 Å². The Morgan fingerprint density at radius 3 is 2.23 bits per heavy atom. The number of hydrogen-bond donors (Lipinski definition) is 1. The van der Waals surface area contributed by atoms with E-state index >= 15 is 0 Å².